The number of benzene rings is 1. The number of anilines is 1. The Hall–Kier alpha value is -1.07. The van der Waals surface area contributed by atoms with Crippen molar-refractivity contribution in [3.63, 3.8) is 0 Å². The number of alkyl carbamates (subject to hydrolysis) is 1. The molecular formula is C10H11ClN2O2S. The molecule has 1 amide bonds. The fourth-order valence-corrected chi connectivity index (χ4v) is 2.57. The molecule has 1 atom stereocenters. The summed E-state index contributed by atoms with van der Waals surface area (Å²) in [5.41, 5.74) is 6.49. The summed E-state index contributed by atoms with van der Waals surface area (Å²) in [6.07, 6.45) is -0.458. The van der Waals surface area contributed by atoms with Gasteiger partial charge in [-0.15, -0.1) is 11.8 Å². The molecule has 1 aromatic rings. The van der Waals surface area contributed by atoms with Gasteiger partial charge >= 0.3 is 6.09 Å². The standard InChI is InChI=1S/C10H11ClN2O2S/c11-6-1-2-8(12)9(3-6)16-5-7-4-13-10(14)15-7/h1-3,7H,4-5,12H2,(H,13,14). The van der Waals surface area contributed by atoms with Gasteiger partial charge in [-0.05, 0) is 18.2 Å². The highest BCUT2D eigenvalue weighted by Gasteiger charge is 2.22. The molecule has 1 aliphatic heterocycles. The van der Waals surface area contributed by atoms with Gasteiger partial charge in [-0.3, -0.25) is 0 Å². The van der Waals surface area contributed by atoms with E-state index >= 15 is 0 Å². The van der Waals surface area contributed by atoms with Gasteiger partial charge < -0.3 is 15.8 Å². The number of halogens is 1. The minimum absolute atomic E-state index is 0.101. The molecule has 16 heavy (non-hydrogen) atoms. The van der Waals surface area contributed by atoms with Gasteiger partial charge in [0.15, 0.2) is 0 Å². The fraction of sp³-hybridized carbons (Fsp3) is 0.300. The van der Waals surface area contributed by atoms with Gasteiger partial charge in [-0.1, -0.05) is 11.6 Å². The van der Waals surface area contributed by atoms with Crippen molar-refractivity contribution in [3.8, 4) is 0 Å². The first-order valence-corrected chi connectivity index (χ1v) is 6.14. The van der Waals surface area contributed by atoms with Crippen LogP contribution in [0.25, 0.3) is 0 Å². The van der Waals surface area contributed by atoms with E-state index in [4.69, 9.17) is 22.1 Å². The molecule has 1 fully saturated rings. The van der Waals surface area contributed by atoms with Crippen LogP contribution in [0.3, 0.4) is 0 Å². The molecule has 6 heteroatoms. The van der Waals surface area contributed by atoms with Crippen molar-refractivity contribution in [3.05, 3.63) is 23.2 Å². The summed E-state index contributed by atoms with van der Waals surface area (Å²) in [7, 11) is 0. The second-order valence-corrected chi connectivity index (χ2v) is 4.90. The number of nitrogens with one attached hydrogen (secondary N) is 1. The number of thioether (sulfide) groups is 1. The molecular weight excluding hydrogens is 248 g/mol. The number of carbonyl (C=O) groups is 1. The predicted octanol–water partition coefficient (Wildman–Crippen LogP) is 2.12. The monoisotopic (exact) mass is 258 g/mol. The van der Waals surface area contributed by atoms with Crippen LogP contribution in [-0.4, -0.2) is 24.5 Å². The van der Waals surface area contributed by atoms with Gasteiger partial charge in [0.1, 0.15) is 6.10 Å². The molecule has 1 aromatic carbocycles. The SMILES string of the molecule is Nc1ccc(Cl)cc1SCC1CNC(=O)O1. The highest BCUT2D eigenvalue weighted by molar-refractivity contribution is 7.99. The summed E-state index contributed by atoms with van der Waals surface area (Å²) in [6, 6.07) is 5.33. The van der Waals surface area contributed by atoms with Crippen molar-refractivity contribution in [1.82, 2.24) is 5.32 Å². The quantitative estimate of drug-likeness (QED) is 0.644. The molecule has 0 bridgehead atoms. The van der Waals surface area contributed by atoms with Crippen LogP contribution in [0.2, 0.25) is 5.02 Å². The third-order valence-corrected chi connectivity index (χ3v) is 3.59. The largest absolute Gasteiger partial charge is 0.443 e. The Morgan fingerprint density at radius 3 is 3.12 bits per heavy atom. The first kappa shape index (κ1) is 11.4. The van der Waals surface area contributed by atoms with Crippen molar-refractivity contribution in [2.45, 2.75) is 11.0 Å². The molecule has 0 saturated carbocycles. The summed E-state index contributed by atoms with van der Waals surface area (Å²) in [5, 5.41) is 3.25. The van der Waals surface area contributed by atoms with Crippen molar-refractivity contribution in [1.29, 1.82) is 0 Å². The third kappa shape index (κ3) is 2.74. The normalized spacial score (nSPS) is 19.3. The second kappa shape index (κ2) is 4.84. The van der Waals surface area contributed by atoms with Crippen LogP contribution in [0.5, 0.6) is 0 Å². The van der Waals surface area contributed by atoms with Crippen molar-refractivity contribution >= 4 is 35.1 Å². The summed E-state index contributed by atoms with van der Waals surface area (Å²) in [5.74, 6) is 0.670. The number of rotatable bonds is 3. The summed E-state index contributed by atoms with van der Waals surface area (Å²) < 4.78 is 5.01. The van der Waals surface area contributed by atoms with Gasteiger partial charge in [-0.25, -0.2) is 4.79 Å². The van der Waals surface area contributed by atoms with Crippen molar-refractivity contribution < 1.29 is 9.53 Å². The summed E-state index contributed by atoms with van der Waals surface area (Å²) >= 11 is 7.40. The van der Waals surface area contributed by atoms with Gasteiger partial charge in [-0.2, -0.15) is 0 Å². The molecule has 0 radical (unpaired) electrons. The van der Waals surface area contributed by atoms with E-state index < -0.39 is 0 Å². The highest BCUT2D eigenvalue weighted by atomic mass is 35.5. The van der Waals surface area contributed by atoms with Crippen LogP contribution in [0.1, 0.15) is 0 Å². The Kier molecular flexibility index (Phi) is 3.46. The number of amides is 1. The molecule has 1 aliphatic rings. The van der Waals surface area contributed by atoms with Crippen LogP contribution < -0.4 is 11.1 Å². The van der Waals surface area contributed by atoms with Crippen LogP contribution in [-0.2, 0) is 4.74 Å². The Bertz CT molecular complexity index is 414. The smallest absolute Gasteiger partial charge is 0.407 e. The fourth-order valence-electron chi connectivity index (χ4n) is 1.34. The zero-order valence-corrected chi connectivity index (χ0v) is 9.98. The predicted molar refractivity (Wildman–Crippen MR) is 64.9 cm³/mol. The molecule has 86 valence electrons. The van der Waals surface area contributed by atoms with E-state index in [9.17, 15) is 4.79 Å². The van der Waals surface area contributed by atoms with Crippen molar-refractivity contribution in [2.24, 2.45) is 0 Å². The van der Waals surface area contributed by atoms with Crippen LogP contribution in [0.4, 0.5) is 10.5 Å². The maximum Gasteiger partial charge on any atom is 0.407 e. The average molecular weight is 259 g/mol. The van der Waals surface area contributed by atoms with Crippen molar-refractivity contribution in [2.75, 3.05) is 18.0 Å². The minimum atomic E-state index is -0.357. The number of nitrogens with two attached hydrogens (primary N) is 1. The molecule has 0 aliphatic carbocycles. The van der Waals surface area contributed by atoms with Crippen LogP contribution >= 0.6 is 23.4 Å². The topological polar surface area (TPSA) is 64.3 Å². The number of nitrogen functional groups attached to an aromatic ring is 1. The lowest BCUT2D eigenvalue weighted by atomic mass is 10.3. The Morgan fingerprint density at radius 2 is 2.44 bits per heavy atom. The summed E-state index contributed by atoms with van der Waals surface area (Å²) in [4.78, 5) is 11.7. The Balaban J connectivity index is 1.94. The Morgan fingerprint density at radius 1 is 1.62 bits per heavy atom. The minimum Gasteiger partial charge on any atom is -0.443 e. The lowest BCUT2D eigenvalue weighted by molar-refractivity contribution is 0.150. The lowest BCUT2D eigenvalue weighted by Crippen LogP contribution is -2.16. The zero-order valence-electron chi connectivity index (χ0n) is 8.40. The number of hydrogen-bond donors (Lipinski definition) is 2. The van der Waals surface area contributed by atoms with E-state index in [0.29, 0.717) is 23.0 Å². The molecule has 3 N–H and O–H groups in total. The van der Waals surface area contributed by atoms with E-state index in [0.717, 1.165) is 4.90 Å². The first-order chi connectivity index (χ1) is 7.65. The van der Waals surface area contributed by atoms with E-state index in [1.165, 1.54) is 11.8 Å². The number of cyclic esters (lactones) is 1. The van der Waals surface area contributed by atoms with Gasteiger partial charge in [0.05, 0.1) is 6.54 Å². The molecule has 0 spiro atoms. The van der Waals surface area contributed by atoms with E-state index in [1.807, 2.05) is 6.07 Å². The molecule has 0 aromatic heterocycles. The zero-order chi connectivity index (χ0) is 11.5. The van der Waals surface area contributed by atoms with Gasteiger partial charge in [0.25, 0.3) is 0 Å². The van der Waals surface area contributed by atoms with E-state index in [1.54, 1.807) is 12.1 Å². The number of ether oxygens (including phenoxy) is 1. The lowest BCUT2D eigenvalue weighted by Gasteiger charge is -2.09. The maximum absolute atomic E-state index is 10.8. The molecule has 2 rings (SSSR count). The van der Waals surface area contributed by atoms with Crippen LogP contribution in [0.15, 0.2) is 23.1 Å². The van der Waals surface area contributed by atoms with E-state index in [2.05, 4.69) is 5.32 Å². The van der Waals surface area contributed by atoms with Gasteiger partial charge in [0, 0.05) is 21.4 Å². The molecule has 1 unspecified atom stereocenters. The second-order valence-electron chi connectivity index (χ2n) is 3.40. The third-order valence-electron chi connectivity index (χ3n) is 2.15. The number of hydrogen-bond acceptors (Lipinski definition) is 4. The molecule has 4 nitrogen and oxygen atoms in total. The summed E-state index contributed by atoms with van der Waals surface area (Å²) in [6.45, 7) is 0.548. The first-order valence-electron chi connectivity index (χ1n) is 4.77. The van der Waals surface area contributed by atoms with Gasteiger partial charge in [0.2, 0.25) is 0 Å². The molecule has 1 saturated heterocycles. The van der Waals surface area contributed by atoms with E-state index in [-0.39, 0.29) is 12.2 Å². The highest BCUT2D eigenvalue weighted by Crippen LogP contribution is 2.29. The Labute approximate surface area is 102 Å². The molecule has 1 heterocycles. The van der Waals surface area contributed by atoms with Crippen LogP contribution in [0, 0.1) is 0 Å². The number of carbonyl (C=O) groups excluding carboxylic acids is 1. The maximum atomic E-state index is 10.8. The average Bonchev–Trinajstić information content (AvgIpc) is 2.66.